The Hall–Kier alpha value is -1.81. The molecule has 0 unspecified atom stereocenters. The van der Waals surface area contributed by atoms with Crippen LogP contribution in [0.15, 0.2) is 91.0 Å². The van der Waals surface area contributed by atoms with E-state index in [1.165, 1.54) is 16.7 Å². The minimum Gasteiger partial charge on any atom is -0.319 e. The SMILES string of the molecule is CC[C@@H](OP1(=S)N(C)[C@H](c2ccccc2)[C@@H](c2ccccc2)N1C)c1ccccc1. The number of rotatable bonds is 6. The topological polar surface area (TPSA) is 15.7 Å². The van der Waals surface area contributed by atoms with E-state index < -0.39 is 6.57 Å². The molecule has 0 spiro atoms. The zero-order chi connectivity index (χ0) is 21.1. The van der Waals surface area contributed by atoms with E-state index in [1.54, 1.807) is 0 Å². The van der Waals surface area contributed by atoms with Gasteiger partial charge in [-0.2, -0.15) is 0 Å². The average Bonchev–Trinajstić information content (AvgIpc) is 3.00. The zero-order valence-electron chi connectivity index (χ0n) is 17.8. The number of benzene rings is 3. The third kappa shape index (κ3) is 3.91. The van der Waals surface area contributed by atoms with Crippen molar-refractivity contribution in [2.75, 3.05) is 14.1 Å². The highest BCUT2D eigenvalue weighted by Crippen LogP contribution is 2.70. The van der Waals surface area contributed by atoms with Gasteiger partial charge in [-0.25, -0.2) is 9.34 Å². The molecule has 3 atom stereocenters. The first kappa shape index (κ1) is 21.4. The molecule has 30 heavy (non-hydrogen) atoms. The van der Waals surface area contributed by atoms with E-state index in [0.29, 0.717) is 0 Å². The van der Waals surface area contributed by atoms with Gasteiger partial charge in [0.15, 0.2) is 0 Å². The van der Waals surface area contributed by atoms with Crippen molar-refractivity contribution in [2.24, 2.45) is 0 Å². The van der Waals surface area contributed by atoms with Gasteiger partial charge in [0, 0.05) is 0 Å². The molecule has 3 aromatic rings. The van der Waals surface area contributed by atoms with E-state index in [-0.39, 0.29) is 18.2 Å². The van der Waals surface area contributed by atoms with Crippen molar-refractivity contribution in [3.8, 4) is 0 Å². The van der Waals surface area contributed by atoms with E-state index >= 15 is 0 Å². The maximum atomic E-state index is 6.84. The Balaban J connectivity index is 1.76. The van der Waals surface area contributed by atoms with Crippen LogP contribution < -0.4 is 0 Å². The van der Waals surface area contributed by atoms with Crippen LogP contribution in [0.2, 0.25) is 0 Å². The summed E-state index contributed by atoms with van der Waals surface area (Å²) in [6.45, 7) is -0.268. The first-order chi connectivity index (χ1) is 14.6. The summed E-state index contributed by atoms with van der Waals surface area (Å²) in [5, 5.41) is 0. The Labute approximate surface area is 185 Å². The van der Waals surface area contributed by atoms with Gasteiger partial charge in [-0.3, -0.25) is 0 Å². The van der Waals surface area contributed by atoms with Crippen LogP contribution in [-0.4, -0.2) is 23.4 Å². The van der Waals surface area contributed by atoms with Crippen LogP contribution in [0, 0.1) is 0 Å². The lowest BCUT2D eigenvalue weighted by Gasteiger charge is -2.34. The first-order valence-corrected chi connectivity index (χ1v) is 13.1. The maximum absolute atomic E-state index is 6.84. The lowest BCUT2D eigenvalue weighted by Crippen LogP contribution is -2.20. The van der Waals surface area contributed by atoms with Crippen LogP contribution in [0.1, 0.15) is 48.2 Å². The molecule has 0 aliphatic carbocycles. The molecule has 3 nitrogen and oxygen atoms in total. The summed E-state index contributed by atoms with van der Waals surface area (Å²) in [5.41, 5.74) is 3.72. The fourth-order valence-electron chi connectivity index (χ4n) is 4.40. The van der Waals surface area contributed by atoms with Gasteiger partial charge in [-0.05, 0) is 49.0 Å². The fourth-order valence-corrected chi connectivity index (χ4v) is 7.81. The fraction of sp³-hybridized carbons (Fsp3) is 0.280. The molecule has 3 aromatic carbocycles. The molecule has 5 heteroatoms. The van der Waals surface area contributed by atoms with Crippen molar-refractivity contribution in [1.29, 1.82) is 0 Å². The van der Waals surface area contributed by atoms with Gasteiger partial charge in [-0.1, -0.05) is 97.9 Å². The summed E-state index contributed by atoms with van der Waals surface area (Å²) in [6, 6.07) is 32.1. The summed E-state index contributed by atoms with van der Waals surface area (Å²) in [5.74, 6) is 0. The minimum absolute atomic E-state index is 0.0205. The second-order valence-corrected chi connectivity index (χ2v) is 11.6. The van der Waals surface area contributed by atoms with Gasteiger partial charge >= 0.3 is 0 Å². The molecular formula is C25H29N2OPS. The quantitative estimate of drug-likeness (QED) is 0.398. The molecule has 0 bridgehead atoms. The van der Waals surface area contributed by atoms with E-state index in [1.807, 2.05) is 6.07 Å². The predicted molar refractivity (Wildman–Crippen MR) is 129 cm³/mol. The first-order valence-electron chi connectivity index (χ1n) is 10.5. The van der Waals surface area contributed by atoms with Crippen molar-refractivity contribution in [1.82, 2.24) is 9.34 Å². The van der Waals surface area contributed by atoms with Crippen molar-refractivity contribution < 1.29 is 4.52 Å². The number of nitrogens with zero attached hydrogens (tertiary/aromatic N) is 2. The van der Waals surface area contributed by atoms with E-state index in [0.717, 1.165) is 6.42 Å². The minimum atomic E-state index is -2.43. The summed E-state index contributed by atoms with van der Waals surface area (Å²) >= 11 is 6.35. The summed E-state index contributed by atoms with van der Waals surface area (Å²) in [7, 11) is 4.27. The van der Waals surface area contributed by atoms with Gasteiger partial charge in [0.05, 0.1) is 18.2 Å². The molecule has 1 heterocycles. The molecule has 1 aliphatic heterocycles. The van der Waals surface area contributed by atoms with Crippen LogP contribution in [0.4, 0.5) is 0 Å². The van der Waals surface area contributed by atoms with Crippen LogP contribution in [-0.2, 0) is 16.3 Å². The highest BCUT2D eigenvalue weighted by Gasteiger charge is 2.51. The standard InChI is InChI=1S/C25H29N2OPS/c1-4-23(20-14-8-5-9-15-20)28-29(30)26(2)24(21-16-10-6-11-17-21)25(27(29)3)22-18-12-7-13-19-22/h5-19,23-25H,4H2,1-3H3/t23-,24-,25-/m1/s1. The summed E-state index contributed by atoms with van der Waals surface area (Å²) in [6.07, 6.45) is 0.865. The third-order valence-electron chi connectivity index (χ3n) is 5.99. The Morgan fingerprint density at radius 3 is 1.57 bits per heavy atom. The number of likely N-dealkylation sites (N-methyl/N-ethyl adjacent to an activating group) is 2. The Bertz CT molecular complexity index is 944. The molecule has 0 radical (unpaired) electrons. The highest BCUT2D eigenvalue weighted by molar-refractivity contribution is 8.10. The van der Waals surface area contributed by atoms with Crippen molar-refractivity contribution in [3.63, 3.8) is 0 Å². The van der Waals surface area contributed by atoms with Crippen molar-refractivity contribution >= 4 is 18.4 Å². The Kier molecular flexibility index (Phi) is 6.52. The summed E-state index contributed by atoms with van der Waals surface area (Å²) < 4.78 is 11.5. The van der Waals surface area contributed by atoms with Gasteiger partial charge in [0.1, 0.15) is 0 Å². The monoisotopic (exact) mass is 436 g/mol. The Morgan fingerprint density at radius 1 is 0.767 bits per heavy atom. The summed E-state index contributed by atoms with van der Waals surface area (Å²) in [4.78, 5) is 0. The predicted octanol–water partition coefficient (Wildman–Crippen LogP) is 6.74. The van der Waals surface area contributed by atoms with Crippen LogP contribution >= 0.6 is 6.57 Å². The normalized spacial score (nSPS) is 22.8. The molecule has 1 aliphatic rings. The lowest BCUT2D eigenvalue weighted by atomic mass is 9.93. The third-order valence-corrected chi connectivity index (χ3v) is 10.4. The maximum Gasteiger partial charge on any atom is 0.204 e. The molecule has 4 rings (SSSR count). The molecule has 0 amide bonds. The van der Waals surface area contributed by atoms with Crippen molar-refractivity contribution in [2.45, 2.75) is 31.5 Å². The van der Waals surface area contributed by atoms with E-state index in [2.05, 4.69) is 115 Å². The van der Waals surface area contributed by atoms with Gasteiger partial charge in [0.2, 0.25) is 6.57 Å². The second-order valence-electron chi connectivity index (χ2n) is 7.76. The Morgan fingerprint density at radius 2 is 1.17 bits per heavy atom. The molecule has 156 valence electrons. The van der Waals surface area contributed by atoms with Crippen LogP contribution in [0.5, 0.6) is 0 Å². The molecular weight excluding hydrogens is 407 g/mol. The molecule has 0 N–H and O–H groups in total. The highest BCUT2D eigenvalue weighted by atomic mass is 32.5. The lowest BCUT2D eigenvalue weighted by molar-refractivity contribution is 0.197. The van der Waals surface area contributed by atoms with Crippen LogP contribution in [0.3, 0.4) is 0 Å². The molecule has 0 aromatic heterocycles. The van der Waals surface area contributed by atoms with E-state index in [4.69, 9.17) is 16.3 Å². The van der Waals surface area contributed by atoms with Crippen molar-refractivity contribution in [3.05, 3.63) is 108 Å². The van der Waals surface area contributed by atoms with Gasteiger partial charge in [-0.15, -0.1) is 0 Å². The van der Waals surface area contributed by atoms with E-state index in [9.17, 15) is 0 Å². The largest absolute Gasteiger partial charge is 0.319 e. The van der Waals surface area contributed by atoms with Gasteiger partial charge in [0.25, 0.3) is 0 Å². The number of hydrogen-bond donors (Lipinski definition) is 0. The smallest absolute Gasteiger partial charge is 0.204 e. The number of hydrogen-bond acceptors (Lipinski definition) is 2. The molecule has 0 saturated carbocycles. The van der Waals surface area contributed by atoms with Crippen LogP contribution in [0.25, 0.3) is 0 Å². The second kappa shape index (κ2) is 9.13. The molecule has 1 fully saturated rings. The molecule has 1 saturated heterocycles. The van der Waals surface area contributed by atoms with Gasteiger partial charge < -0.3 is 4.52 Å². The average molecular weight is 437 g/mol. The zero-order valence-corrected chi connectivity index (χ0v) is 19.5.